The molecular formula is C40H74N2O4+2. The molecule has 0 aliphatic heterocycles. The molecule has 0 atom stereocenters. The number of rotatable bonds is 30. The number of quaternary nitrogens is 2. The third-order valence-corrected chi connectivity index (χ3v) is 9.17. The second kappa shape index (κ2) is 26.1. The first-order valence-corrected chi connectivity index (χ1v) is 19.1. The highest BCUT2D eigenvalue weighted by atomic mass is 16.5. The van der Waals surface area contributed by atoms with E-state index in [0.717, 1.165) is 37.1 Å². The molecule has 0 spiro atoms. The molecule has 6 nitrogen and oxygen atoms in total. The summed E-state index contributed by atoms with van der Waals surface area (Å²) in [7, 11) is 8.46. The van der Waals surface area contributed by atoms with Crippen LogP contribution in [0.1, 0.15) is 153 Å². The summed E-state index contributed by atoms with van der Waals surface area (Å²) < 4.78 is 12.5. The summed E-state index contributed by atoms with van der Waals surface area (Å²) in [5, 5.41) is 0. The highest BCUT2D eigenvalue weighted by Gasteiger charge is 2.22. The second-order valence-corrected chi connectivity index (χ2v) is 15.1. The smallest absolute Gasteiger partial charge is 0.362 e. The van der Waals surface area contributed by atoms with Crippen LogP contribution in [0.15, 0.2) is 24.3 Å². The maximum atomic E-state index is 12.5. The molecule has 0 saturated heterocycles. The van der Waals surface area contributed by atoms with Crippen molar-refractivity contribution in [2.45, 2.75) is 155 Å². The maximum Gasteiger partial charge on any atom is 0.362 e. The van der Waals surface area contributed by atoms with Crippen molar-refractivity contribution in [2.24, 2.45) is 0 Å². The van der Waals surface area contributed by atoms with Gasteiger partial charge in [-0.2, -0.15) is 0 Å². The molecule has 1 rings (SSSR count). The summed E-state index contributed by atoms with van der Waals surface area (Å²) in [6.45, 7) is 7.83. The minimum atomic E-state index is -0.159. The molecule has 0 radical (unpaired) electrons. The van der Waals surface area contributed by atoms with Crippen LogP contribution in [-0.4, -0.2) is 75.3 Å². The van der Waals surface area contributed by atoms with Gasteiger partial charge in [-0.15, -0.1) is 0 Å². The normalized spacial score (nSPS) is 12.0. The lowest BCUT2D eigenvalue weighted by molar-refractivity contribution is -0.883. The van der Waals surface area contributed by atoms with Crippen molar-refractivity contribution in [2.75, 3.05) is 54.4 Å². The Kier molecular flexibility index (Phi) is 23.9. The minimum Gasteiger partial charge on any atom is -0.457 e. The third-order valence-electron chi connectivity index (χ3n) is 9.17. The van der Waals surface area contributed by atoms with Crippen LogP contribution in [0.4, 0.5) is 0 Å². The molecule has 0 unspecified atom stereocenters. The maximum absolute atomic E-state index is 12.5. The zero-order valence-corrected chi connectivity index (χ0v) is 31.2. The van der Waals surface area contributed by atoms with Crippen molar-refractivity contribution >= 4 is 11.9 Å². The van der Waals surface area contributed by atoms with E-state index < -0.39 is 0 Å². The zero-order valence-electron chi connectivity index (χ0n) is 31.2. The van der Waals surface area contributed by atoms with Crippen molar-refractivity contribution in [1.82, 2.24) is 0 Å². The lowest BCUT2D eigenvalue weighted by Crippen LogP contribution is -2.45. The van der Waals surface area contributed by atoms with Crippen molar-refractivity contribution in [3.05, 3.63) is 35.4 Å². The molecule has 0 fully saturated rings. The lowest BCUT2D eigenvalue weighted by Gasteiger charge is -2.28. The average molecular weight is 647 g/mol. The van der Waals surface area contributed by atoms with E-state index in [9.17, 15) is 9.59 Å². The van der Waals surface area contributed by atoms with Crippen LogP contribution >= 0.6 is 0 Å². The van der Waals surface area contributed by atoms with Crippen molar-refractivity contribution in [3.8, 4) is 0 Å². The Balaban J connectivity index is 2.18. The Morgan fingerprint density at radius 1 is 0.457 bits per heavy atom. The fourth-order valence-electron chi connectivity index (χ4n) is 6.06. The van der Waals surface area contributed by atoms with E-state index in [4.69, 9.17) is 9.47 Å². The summed E-state index contributed by atoms with van der Waals surface area (Å²) in [6.07, 6.45) is 26.4. The van der Waals surface area contributed by atoms with Crippen molar-refractivity contribution in [1.29, 1.82) is 0 Å². The van der Waals surface area contributed by atoms with Gasteiger partial charge in [0, 0.05) is 0 Å². The number of hydrogen-bond donors (Lipinski definition) is 0. The van der Waals surface area contributed by atoms with Gasteiger partial charge in [0.15, 0.2) is 13.1 Å². The second-order valence-electron chi connectivity index (χ2n) is 15.1. The summed E-state index contributed by atoms with van der Waals surface area (Å²) in [5.41, 5.74) is 1.88. The van der Waals surface area contributed by atoms with Crippen LogP contribution in [0.5, 0.6) is 0 Å². The van der Waals surface area contributed by atoms with Gasteiger partial charge in [-0.05, 0) is 36.8 Å². The topological polar surface area (TPSA) is 52.6 Å². The Hall–Kier alpha value is -1.92. The van der Waals surface area contributed by atoms with Gasteiger partial charge >= 0.3 is 11.9 Å². The highest BCUT2D eigenvalue weighted by molar-refractivity contribution is 5.71. The molecular weight excluding hydrogens is 572 g/mol. The number of benzene rings is 1. The third kappa shape index (κ3) is 24.3. The molecule has 46 heavy (non-hydrogen) atoms. The van der Waals surface area contributed by atoms with E-state index in [-0.39, 0.29) is 25.2 Å². The van der Waals surface area contributed by atoms with Gasteiger partial charge in [-0.25, -0.2) is 9.59 Å². The van der Waals surface area contributed by atoms with Gasteiger partial charge < -0.3 is 18.4 Å². The summed E-state index contributed by atoms with van der Waals surface area (Å²) in [6, 6.07) is 7.80. The molecule has 6 heteroatoms. The van der Waals surface area contributed by atoms with Crippen LogP contribution in [0.2, 0.25) is 0 Å². The van der Waals surface area contributed by atoms with Crippen LogP contribution in [0, 0.1) is 0 Å². The fourth-order valence-corrected chi connectivity index (χ4v) is 6.06. The van der Waals surface area contributed by atoms with Gasteiger partial charge in [0.05, 0.1) is 41.3 Å². The van der Waals surface area contributed by atoms with Gasteiger partial charge in [0.1, 0.15) is 13.2 Å². The molecule has 0 saturated carbocycles. The first kappa shape index (κ1) is 42.1. The van der Waals surface area contributed by atoms with Crippen LogP contribution in [0.25, 0.3) is 0 Å². The van der Waals surface area contributed by atoms with E-state index in [1.807, 2.05) is 24.3 Å². The highest BCUT2D eigenvalue weighted by Crippen LogP contribution is 2.14. The van der Waals surface area contributed by atoms with E-state index in [0.29, 0.717) is 22.1 Å². The summed E-state index contributed by atoms with van der Waals surface area (Å²) in [5.74, 6) is -0.317. The Morgan fingerprint density at radius 2 is 0.717 bits per heavy atom. The van der Waals surface area contributed by atoms with Crippen LogP contribution in [0.3, 0.4) is 0 Å². The summed E-state index contributed by atoms with van der Waals surface area (Å²) in [4.78, 5) is 25.1. The van der Waals surface area contributed by atoms with Crippen molar-refractivity contribution < 1.29 is 28.0 Å². The predicted molar refractivity (Wildman–Crippen MR) is 193 cm³/mol. The molecule has 0 aliphatic carbocycles. The standard InChI is InChI=1S/C40H74N2O4/c1-7-9-11-13-15-17-19-21-23-25-31-41(3,4)33-39(43)45-35-37-27-29-38(30-28-37)36-46-40(44)34-42(5,6)32-26-24-22-20-18-16-14-12-10-8-2/h27-30H,7-26,31-36H2,1-6H3/q+2. The summed E-state index contributed by atoms with van der Waals surface area (Å²) >= 11 is 0. The predicted octanol–water partition coefficient (Wildman–Crippen LogP) is 9.77. The molecule has 266 valence electrons. The van der Waals surface area contributed by atoms with Crippen molar-refractivity contribution in [3.63, 3.8) is 0 Å². The molecule has 0 aromatic heterocycles. The average Bonchev–Trinajstić information content (AvgIpc) is 3.01. The van der Waals surface area contributed by atoms with E-state index in [1.54, 1.807) is 0 Å². The number of likely N-dealkylation sites (N-methyl/N-ethyl adjacent to an activating group) is 2. The zero-order chi connectivity index (χ0) is 33.9. The fraction of sp³-hybridized carbons (Fsp3) is 0.800. The Bertz CT molecular complexity index is 824. The van der Waals surface area contributed by atoms with E-state index >= 15 is 0 Å². The molecule has 1 aromatic carbocycles. The Morgan fingerprint density at radius 3 is 1.00 bits per heavy atom. The molecule has 1 aromatic rings. The number of ether oxygens (including phenoxy) is 2. The van der Waals surface area contributed by atoms with Gasteiger partial charge in [0.25, 0.3) is 0 Å². The largest absolute Gasteiger partial charge is 0.457 e. The minimum absolute atomic E-state index is 0.159. The SMILES string of the molecule is CCCCCCCCCCCC[N+](C)(C)CC(=O)OCc1ccc(COC(=O)C[N+](C)(C)CCCCCCCCCCCC)cc1. The number of esters is 2. The molecule has 0 N–H and O–H groups in total. The van der Waals surface area contributed by atoms with Gasteiger partial charge in [0.2, 0.25) is 0 Å². The molecule has 0 amide bonds. The lowest BCUT2D eigenvalue weighted by atomic mass is 10.1. The number of hydrogen-bond acceptors (Lipinski definition) is 4. The van der Waals surface area contributed by atoms with Gasteiger partial charge in [-0.3, -0.25) is 0 Å². The quantitative estimate of drug-likeness (QED) is 0.0474. The number of carbonyl (C=O) groups is 2. The number of carbonyl (C=O) groups excluding carboxylic acids is 2. The molecule has 0 heterocycles. The van der Waals surface area contributed by atoms with Gasteiger partial charge in [-0.1, -0.05) is 141 Å². The first-order valence-electron chi connectivity index (χ1n) is 19.1. The van der Waals surface area contributed by atoms with E-state index in [1.165, 1.54) is 116 Å². The molecule has 0 bridgehead atoms. The molecule has 0 aliphatic rings. The van der Waals surface area contributed by atoms with E-state index in [2.05, 4.69) is 42.0 Å². The number of nitrogens with zero attached hydrogens (tertiary/aromatic N) is 2. The number of unbranched alkanes of at least 4 members (excludes halogenated alkanes) is 18. The van der Waals surface area contributed by atoms with Crippen LogP contribution < -0.4 is 0 Å². The Labute approximate surface area is 284 Å². The monoisotopic (exact) mass is 647 g/mol. The first-order chi connectivity index (χ1) is 22.1. The van der Waals surface area contributed by atoms with Crippen LogP contribution in [-0.2, 0) is 32.3 Å².